The molecule has 7 fully saturated rings. The molecule has 7 heterocycles. The number of carbonyl (C=O) groups excluding carboxylic acids is 3. The molecule has 9 N–H and O–H groups in total. The monoisotopic (exact) mass is 1180 g/mol. The molecule has 15 aliphatic rings. The van der Waals surface area contributed by atoms with Gasteiger partial charge in [0.15, 0.2) is 17.5 Å². The summed E-state index contributed by atoms with van der Waals surface area (Å²) in [5.74, 6) is -3.49. The summed E-state index contributed by atoms with van der Waals surface area (Å²) < 4.78 is 15.3. The highest BCUT2D eigenvalue weighted by atomic mass is 16.7. The number of ether oxygens (including phenoxy) is 2. The lowest BCUT2D eigenvalue weighted by Crippen LogP contribution is -2.79. The van der Waals surface area contributed by atoms with Gasteiger partial charge in [-0.3, -0.25) is 14.4 Å². The normalized spacial score (nSPS) is 39.0. The predicted octanol–water partition coefficient (Wildman–Crippen LogP) is 9.55. The smallest absolute Gasteiger partial charge is 0.261 e. The minimum absolute atomic E-state index is 0.00491. The summed E-state index contributed by atoms with van der Waals surface area (Å²) in [7, 11) is 0. The second-order valence-corrected chi connectivity index (χ2v) is 30.8. The fraction of sp³-hybridized carbons (Fsp3) is 0.592. The maximum Gasteiger partial charge on any atom is 0.261 e. The second-order valence-electron chi connectivity index (χ2n) is 30.8. The molecule has 8 bridgehead atoms. The number of imidazole rings is 1. The van der Waals surface area contributed by atoms with Crippen LogP contribution in [0.1, 0.15) is 225 Å². The number of aryl methyl sites for hydroxylation is 1. The summed E-state index contributed by atoms with van der Waals surface area (Å²) in [6.07, 6.45) is 17.3. The quantitative estimate of drug-likeness (QED) is 0.0686. The topological polar surface area (TPSA) is 260 Å². The molecule has 87 heavy (non-hydrogen) atoms. The van der Waals surface area contributed by atoms with Gasteiger partial charge in [-0.25, -0.2) is 9.97 Å². The predicted molar refractivity (Wildman–Crippen MR) is 318 cm³/mol. The number of aromatic amines is 2. The van der Waals surface area contributed by atoms with Crippen LogP contribution in [0, 0.1) is 40.4 Å². The molecule has 16 nitrogen and oxygen atoms in total. The Balaban J connectivity index is 0.941. The highest BCUT2D eigenvalue weighted by molar-refractivity contribution is 6.34. The van der Waals surface area contributed by atoms with Gasteiger partial charge in [0.1, 0.15) is 35.3 Å². The number of carbonyl (C=O) groups is 3. The number of nitrogens with zero attached hydrogens (tertiary/aromatic N) is 2. The Kier molecular flexibility index (Phi) is 10.4. The van der Waals surface area contributed by atoms with Crippen molar-refractivity contribution in [2.45, 2.75) is 220 Å². The standard InChI is InChI=1S/C71H77N5O11/c1-34-23-41-49(45(78)24-34)55(81)51-46-25-40-38(50(51)54(41)80)13-22-72-62(40)73-30-47(79)68-32-65(16-4-5-17-65)28-43(68)48-39-10-9-35-7-6-8-36-26-66(18-11-37(77)12-19-66)58-59(75-33-74-58)70(35,36)57(39)76-53(48)42-27-69(86-46)60(83)56(82)61(84)71(87-69)52(42)44(68)29-67(63(71)85)21-20-64(31-67)14-2-3-15-64/h13,22-25,27,33,35-36,43,47,56,60-61,63,76,78-79,82-85H,2-12,14-21,26,28-32H2,1H3,(H,72,73)(H,74,75). The first-order valence-electron chi connectivity index (χ1n) is 33.2. The van der Waals surface area contributed by atoms with Crippen molar-refractivity contribution in [2.75, 3.05) is 11.9 Å². The number of hydrogen-bond acceptors (Lipinski definition) is 14. The van der Waals surface area contributed by atoms with Crippen LogP contribution in [0.3, 0.4) is 0 Å². The Morgan fingerprint density at radius 2 is 1.52 bits per heavy atom. The van der Waals surface area contributed by atoms with E-state index in [1.807, 2.05) is 6.33 Å². The van der Waals surface area contributed by atoms with Gasteiger partial charge in [0, 0.05) is 75.3 Å². The SMILES string of the molecule is Cc1cc(O)c2c(c1)C(=O)c1c(c3cc4c(nccc14)NCC(O)C14CC5(CCCC5)CC1c1c([nH]c5c1CCC1CCCC6CC7(CCC(=O)CC7)c7nc[nH]c7C516)C1=CC5(O3)OC3(C1=C4CC1(CCC4(CCCC4)C1)C3O)C(O)C(O)C5O)C2=O. The van der Waals surface area contributed by atoms with Crippen molar-refractivity contribution in [1.29, 1.82) is 0 Å². The van der Waals surface area contributed by atoms with E-state index in [1.54, 1.807) is 37.4 Å². The zero-order valence-electron chi connectivity index (χ0n) is 49.5. The number of ketones is 3. The van der Waals surface area contributed by atoms with Crippen LogP contribution < -0.4 is 10.1 Å². The van der Waals surface area contributed by atoms with Gasteiger partial charge in [-0.2, -0.15) is 0 Å². The van der Waals surface area contributed by atoms with Crippen molar-refractivity contribution >= 4 is 39.5 Å². The number of Topliss-reactive ketones (excluding diaryl/α,β-unsaturated/α-hetero) is 1. The van der Waals surface area contributed by atoms with Crippen LogP contribution in [-0.2, 0) is 26.8 Å². The Hall–Kier alpha value is -6.01. The van der Waals surface area contributed by atoms with Gasteiger partial charge in [0.05, 0.1) is 46.5 Å². The number of anilines is 1. The molecule has 6 saturated carbocycles. The number of H-pyrrole nitrogens is 2. The van der Waals surface area contributed by atoms with Gasteiger partial charge in [-0.05, 0) is 203 Å². The third kappa shape index (κ3) is 6.21. The minimum atomic E-state index is -2.48. The average molecular weight is 1180 g/mol. The molecular formula is C71H77N5O11. The lowest BCUT2D eigenvalue weighted by Gasteiger charge is -2.64. The van der Waals surface area contributed by atoms with Crippen LogP contribution in [0.25, 0.3) is 16.3 Å². The molecule has 16 heteroatoms. The van der Waals surface area contributed by atoms with Gasteiger partial charge in [0.2, 0.25) is 5.78 Å². The highest BCUT2D eigenvalue weighted by Crippen LogP contribution is 2.78. The van der Waals surface area contributed by atoms with Crippen molar-refractivity contribution in [3.63, 3.8) is 0 Å². The molecule has 11 aliphatic carbocycles. The molecule has 452 valence electrons. The van der Waals surface area contributed by atoms with E-state index >= 15 is 9.59 Å². The Bertz CT molecular complexity index is 4040. The summed E-state index contributed by atoms with van der Waals surface area (Å²) in [5.41, 5.74) is 3.53. The molecule has 0 radical (unpaired) electrons. The zero-order valence-corrected chi connectivity index (χ0v) is 49.5. The van der Waals surface area contributed by atoms with E-state index in [4.69, 9.17) is 19.4 Å². The molecule has 8 spiro atoms. The van der Waals surface area contributed by atoms with Crippen molar-refractivity contribution in [3.05, 3.63) is 116 Å². The van der Waals surface area contributed by atoms with E-state index in [9.17, 15) is 35.4 Å². The van der Waals surface area contributed by atoms with Crippen molar-refractivity contribution < 1.29 is 54.5 Å². The van der Waals surface area contributed by atoms with E-state index in [-0.39, 0.29) is 74.3 Å². The molecule has 20 rings (SSSR count). The van der Waals surface area contributed by atoms with Gasteiger partial charge in [-0.1, -0.05) is 37.7 Å². The van der Waals surface area contributed by atoms with Crippen molar-refractivity contribution in [2.24, 2.45) is 33.5 Å². The van der Waals surface area contributed by atoms with Crippen LogP contribution in [0.15, 0.2) is 54.0 Å². The molecule has 3 aromatic heterocycles. The number of fused-ring (bicyclic) bond motifs is 11. The number of nitrogens with one attached hydrogen (secondary N) is 3. The fourth-order valence-corrected chi connectivity index (χ4v) is 23.9. The summed E-state index contributed by atoms with van der Waals surface area (Å²) >= 11 is 0. The molecule has 2 aromatic carbocycles. The lowest BCUT2D eigenvalue weighted by molar-refractivity contribution is -0.366. The Morgan fingerprint density at radius 1 is 0.736 bits per heavy atom. The number of aromatic hydroxyl groups is 1. The summed E-state index contributed by atoms with van der Waals surface area (Å²) in [4.78, 5) is 62.5. The third-order valence-electron chi connectivity index (χ3n) is 27.2. The Morgan fingerprint density at radius 3 is 2.32 bits per heavy atom. The first-order chi connectivity index (χ1) is 42.0. The first-order valence-corrected chi connectivity index (χ1v) is 33.2. The maximum atomic E-state index is 15.6. The Labute approximate surface area is 504 Å². The second kappa shape index (κ2) is 17.1. The number of phenols is 1. The third-order valence-corrected chi connectivity index (χ3v) is 27.2. The van der Waals surface area contributed by atoms with E-state index < -0.39 is 69.7 Å². The number of aliphatic hydroxyl groups is 5. The summed E-state index contributed by atoms with van der Waals surface area (Å²) in [6, 6.07) is 6.33. The zero-order chi connectivity index (χ0) is 58.9. The van der Waals surface area contributed by atoms with Crippen molar-refractivity contribution in [1.82, 2.24) is 19.9 Å². The average Bonchev–Trinajstić information content (AvgIpc) is 1.60. The van der Waals surface area contributed by atoms with E-state index in [2.05, 4.69) is 15.3 Å². The lowest BCUT2D eigenvalue weighted by atomic mass is 9.45. The van der Waals surface area contributed by atoms with E-state index in [0.717, 1.165) is 149 Å². The van der Waals surface area contributed by atoms with Crippen LogP contribution in [0.5, 0.6) is 11.5 Å². The maximum absolute atomic E-state index is 15.6. The summed E-state index contributed by atoms with van der Waals surface area (Å²) in [6.45, 7) is 1.76. The van der Waals surface area contributed by atoms with Gasteiger partial charge >= 0.3 is 0 Å². The van der Waals surface area contributed by atoms with Crippen LogP contribution in [-0.4, -0.2) is 116 Å². The number of benzene rings is 2. The number of rotatable bonds is 0. The summed E-state index contributed by atoms with van der Waals surface area (Å²) in [5, 5.41) is 85.2. The van der Waals surface area contributed by atoms with Crippen LogP contribution in [0.2, 0.25) is 0 Å². The largest absolute Gasteiger partial charge is 0.507 e. The molecule has 5 aromatic rings. The van der Waals surface area contributed by atoms with E-state index in [1.165, 1.54) is 11.6 Å². The molecular weight excluding hydrogens is 1100 g/mol. The minimum Gasteiger partial charge on any atom is -0.507 e. The number of pyridine rings is 1. The number of hydrogen-bond donors (Lipinski definition) is 9. The fourth-order valence-electron chi connectivity index (χ4n) is 23.9. The van der Waals surface area contributed by atoms with Crippen molar-refractivity contribution in [3.8, 4) is 11.5 Å². The molecule has 1 saturated heterocycles. The number of aliphatic hydroxyl groups excluding tert-OH is 5. The number of aromatic nitrogens is 4. The first kappa shape index (κ1) is 52.9. The van der Waals surface area contributed by atoms with Gasteiger partial charge < -0.3 is 55.4 Å². The highest BCUT2D eigenvalue weighted by Gasteiger charge is 2.78. The molecule has 13 atom stereocenters. The molecule has 0 amide bonds. The van der Waals surface area contributed by atoms with Gasteiger partial charge in [-0.15, -0.1) is 0 Å². The van der Waals surface area contributed by atoms with E-state index in [0.29, 0.717) is 77.6 Å². The van der Waals surface area contributed by atoms with Crippen LogP contribution in [0.4, 0.5) is 5.82 Å². The number of phenolic OH excluding ortho intramolecular Hbond substituents is 1. The molecule has 4 aliphatic heterocycles. The van der Waals surface area contributed by atoms with Crippen LogP contribution >= 0.6 is 0 Å². The van der Waals surface area contributed by atoms with Gasteiger partial charge in [0.25, 0.3) is 5.79 Å². The molecule has 13 unspecified atom stereocenters.